The van der Waals surface area contributed by atoms with E-state index in [-0.39, 0.29) is 5.91 Å². The second-order valence-corrected chi connectivity index (χ2v) is 5.86. The van der Waals surface area contributed by atoms with Crippen LogP contribution in [0.15, 0.2) is 53.1 Å². The van der Waals surface area contributed by atoms with Gasteiger partial charge in [0.25, 0.3) is 0 Å². The fourth-order valence-electron chi connectivity index (χ4n) is 1.96. The van der Waals surface area contributed by atoms with Crippen LogP contribution in [0.25, 0.3) is 0 Å². The first-order chi connectivity index (χ1) is 10.6. The summed E-state index contributed by atoms with van der Waals surface area (Å²) in [5, 5.41) is 0. The summed E-state index contributed by atoms with van der Waals surface area (Å²) < 4.78 is 6.54. The predicted molar refractivity (Wildman–Crippen MR) is 89.8 cm³/mol. The van der Waals surface area contributed by atoms with Crippen molar-refractivity contribution < 1.29 is 9.53 Å². The van der Waals surface area contributed by atoms with E-state index in [1.165, 1.54) is 0 Å². The SMILES string of the molecule is CN(CCc1ccccn1)C(=O)CCOc1cccc(Br)c1. The smallest absolute Gasteiger partial charge is 0.225 e. The summed E-state index contributed by atoms with van der Waals surface area (Å²) in [6, 6.07) is 13.4. The van der Waals surface area contributed by atoms with Crippen LogP contribution < -0.4 is 4.74 Å². The molecule has 1 aromatic heterocycles. The van der Waals surface area contributed by atoms with E-state index in [0.29, 0.717) is 19.6 Å². The summed E-state index contributed by atoms with van der Waals surface area (Å²) in [7, 11) is 1.81. The molecule has 4 nitrogen and oxygen atoms in total. The fraction of sp³-hybridized carbons (Fsp3) is 0.294. The van der Waals surface area contributed by atoms with Gasteiger partial charge in [-0.15, -0.1) is 0 Å². The predicted octanol–water partition coefficient (Wildman–Crippen LogP) is 3.31. The van der Waals surface area contributed by atoms with E-state index in [2.05, 4.69) is 20.9 Å². The molecule has 0 aliphatic rings. The second kappa shape index (κ2) is 8.54. The minimum Gasteiger partial charge on any atom is -0.493 e. The van der Waals surface area contributed by atoms with Crippen molar-refractivity contribution in [3.05, 3.63) is 58.8 Å². The Morgan fingerprint density at radius 2 is 2.14 bits per heavy atom. The maximum absolute atomic E-state index is 12.0. The fourth-order valence-corrected chi connectivity index (χ4v) is 2.34. The van der Waals surface area contributed by atoms with Crippen molar-refractivity contribution in [1.29, 1.82) is 0 Å². The zero-order valence-electron chi connectivity index (χ0n) is 12.5. The monoisotopic (exact) mass is 362 g/mol. The Morgan fingerprint density at radius 3 is 2.86 bits per heavy atom. The normalized spacial score (nSPS) is 10.3. The van der Waals surface area contributed by atoms with E-state index in [4.69, 9.17) is 4.74 Å². The number of ether oxygens (including phenoxy) is 1. The van der Waals surface area contributed by atoms with Gasteiger partial charge < -0.3 is 9.64 Å². The molecule has 0 fully saturated rings. The van der Waals surface area contributed by atoms with Crippen LogP contribution in [0.1, 0.15) is 12.1 Å². The van der Waals surface area contributed by atoms with Crippen LogP contribution in [-0.2, 0) is 11.2 Å². The molecule has 2 aromatic rings. The van der Waals surface area contributed by atoms with Gasteiger partial charge in [-0.25, -0.2) is 0 Å². The summed E-state index contributed by atoms with van der Waals surface area (Å²) in [6.07, 6.45) is 2.89. The molecule has 0 unspecified atom stereocenters. The van der Waals surface area contributed by atoms with E-state index < -0.39 is 0 Å². The summed E-state index contributed by atoms with van der Waals surface area (Å²) in [5.41, 5.74) is 0.993. The summed E-state index contributed by atoms with van der Waals surface area (Å²) in [4.78, 5) is 18.0. The molecule has 5 heteroatoms. The highest BCUT2D eigenvalue weighted by Crippen LogP contribution is 2.17. The maximum Gasteiger partial charge on any atom is 0.225 e. The highest BCUT2D eigenvalue weighted by Gasteiger charge is 2.09. The van der Waals surface area contributed by atoms with E-state index in [0.717, 1.165) is 22.3 Å². The van der Waals surface area contributed by atoms with Crippen LogP contribution in [0.4, 0.5) is 0 Å². The lowest BCUT2D eigenvalue weighted by molar-refractivity contribution is -0.130. The first-order valence-corrected chi connectivity index (χ1v) is 7.96. The maximum atomic E-state index is 12.0. The largest absolute Gasteiger partial charge is 0.493 e. The van der Waals surface area contributed by atoms with Crippen molar-refractivity contribution in [3.8, 4) is 5.75 Å². The lowest BCUT2D eigenvalue weighted by Gasteiger charge is -2.17. The van der Waals surface area contributed by atoms with Crippen molar-refractivity contribution in [3.63, 3.8) is 0 Å². The average molecular weight is 363 g/mol. The highest BCUT2D eigenvalue weighted by atomic mass is 79.9. The number of nitrogens with zero attached hydrogens (tertiary/aromatic N) is 2. The Bertz CT molecular complexity index is 605. The minimum atomic E-state index is 0.0749. The highest BCUT2D eigenvalue weighted by molar-refractivity contribution is 9.10. The summed E-state index contributed by atoms with van der Waals surface area (Å²) in [5.74, 6) is 0.837. The first kappa shape index (κ1) is 16.5. The molecule has 2 rings (SSSR count). The van der Waals surface area contributed by atoms with Crippen molar-refractivity contribution in [2.24, 2.45) is 0 Å². The number of rotatable bonds is 7. The van der Waals surface area contributed by atoms with Gasteiger partial charge >= 0.3 is 0 Å². The number of hydrogen-bond donors (Lipinski definition) is 0. The number of carbonyl (C=O) groups excluding carboxylic acids is 1. The molecule has 1 aromatic carbocycles. The molecule has 0 spiro atoms. The first-order valence-electron chi connectivity index (χ1n) is 7.17. The molecule has 0 atom stereocenters. The quantitative estimate of drug-likeness (QED) is 0.758. The van der Waals surface area contributed by atoms with Gasteiger partial charge in [0.2, 0.25) is 5.91 Å². The van der Waals surface area contributed by atoms with E-state index in [1.807, 2.05) is 49.5 Å². The lowest BCUT2D eigenvalue weighted by atomic mass is 10.2. The Morgan fingerprint density at radius 1 is 1.27 bits per heavy atom. The molecule has 0 saturated heterocycles. The van der Waals surface area contributed by atoms with Gasteiger partial charge in [-0.3, -0.25) is 9.78 Å². The molecule has 0 N–H and O–H groups in total. The average Bonchev–Trinajstić information content (AvgIpc) is 2.53. The molecule has 22 heavy (non-hydrogen) atoms. The van der Waals surface area contributed by atoms with Gasteiger partial charge in [-0.05, 0) is 30.3 Å². The molecule has 116 valence electrons. The second-order valence-electron chi connectivity index (χ2n) is 4.94. The zero-order valence-corrected chi connectivity index (χ0v) is 14.1. The lowest BCUT2D eigenvalue weighted by Crippen LogP contribution is -2.30. The van der Waals surface area contributed by atoms with Crippen LogP contribution in [0.2, 0.25) is 0 Å². The number of aromatic nitrogens is 1. The molecule has 0 radical (unpaired) electrons. The third-order valence-electron chi connectivity index (χ3n) is 3.24. The van der Waals surface area contributed by atoms with E-state index >= 15 is 0 Å². The Labute approximate surface area is 139 Å². The number of carbonyl (C=O) groups is 1. The summed E-state index contributed by atoms with van der Waals surface area (Å²) in [6.45, 7) is 1.04. The summed E-state index contributed by atoms with van der Waals surface area (Å²) >= 11 is 3.39. The van der Waals surface area contributed by atoms with Gasteiger partial charge in [0.05, 0.1) is 13.0 Å². The van der Waals surface area contributed by atoms with Crippen LogP contribution in [0.5, 0.6) is 5.75 Å². The molecule has 0 aliphatic heterocycles. The van der Waals surface area contributed by atoms with Crippen molar-refractivity contribution in [2.45, 2.75) is 12.8 Å². The van der Waals surface area contributed by atoms with Crippen molar-refractivity contribution in [1.82, 2.24) is 9.88 Å². The van der Waals surface area contributed by atoms with Crippen molar-refractivity contribution >= 4 is 21.8 Å². The van der Waals surface area contributed by atoms with Gasteiger partial charge in [-0.2, -0.15) is 0 Å². The number of likely N-dealkylation sites (N-methyl/N-ethyl adjacent to an activating group) is 1. The number of halogens is 1. The molecule has 1 amide bonds. The Balaban J connectivity index is 1.70. The molecular weight excluding hydrogens is 344 g/mol. The molecule has 0 bridgehead atoms. The van der Waals surface area contributed by atoms with Crippen molar-refractivity contribution in [2.75, 3.05) is 20.2 Å². The number of pyridine rings is 1. The van der Waals surface area contributed by atoms with Crippen LogP contribution in [0, 0.1) is 0 Å². The van der Waals surface area contributed by atoms with Crippen LogP contribution in [0.3, 0.4) is 0 Å². The number of benzene rings is 1. The number of hydrogen-bond acceptors (Lipinski definition) is 3. The van der Waals surface area contributed by atoms with Gasteiger partial charge in [0.15, 0.2) is 0 Å². The minimum absolute atomic E-state index is 0.0749. The Hall–Kier alpha value is -1.88. The molecule has 1 heterocycles. The van der Waals surface area contributed by atoms with E-state index in [9.17, 15) is 4.79 Å². The van der Waals surface area contributed by atoms with Gasteiger partial charge in [0, 0.05) is 36.4 Å². The van der Waals surface area contributed by atoms with Crippen LogP contribution in [-0.4, -0.2) is 36.0 Å². The standard InChI is InChI=1S/C17H19BrN2O2/c1-20(11-8-15-6-2-3-10-19-15)17(21)9-12-22-16-7-4-5-14(18)13-16/h2-7,10,13H,8-9,11-12H2,1H3. The van der Waals surface area contributed by atoms with Gasteiger partial charge in [0.1, 0.15) is 5.75 Å². The van der Waals surface area contributed by atoms with Gasteiger partial charge in [-0.1, -0.05) is 28.1 Å². The molecular formula is C17H19BrN2O2. The number of amides is 1. The third kappa shape index (κ3) is 5.48. The molecule has 0 aliphatic carbocycles. The third-order valence-corrected chi connectivity index (χ3v) is 3.73. The Kier molecular flexibility index (Phi) is 6.40. The van der Waals surface area contributed by atoms with Crippen LogP contribution >= 0.6 is 15.9 Å². The topological polar surface area (TPSA) is 42.4 Å². The molecule has 0 saturated carbocycles. The zero-order chi connectivity index (χ0) is 15.8. The van der Waals surface area contributed by atoms with E-state index in [1.54, 1.807) is 11.1 Å².